The molecule has 0 bridgehead atoms. The molecule has 1 amide bonds. The van der Waals surface area contributed by atoms with Gasteiger partial charge >= 0.3 is 0 Å². The van der Waals surface area contributed by atoms with Crippen LogP contribution in [0.2, 0.25) is 0 Å². The van der Waals surface area contributed by atoms with Gasteiger partial charge in [0.05, 0.1) is 5.39 Å². The summed E-state index contributed by atoms with van der Waals surface area (Å²) in [6, 6.07) is 11.9. The number of benzene rings is 1. The van der Waals surface area contributed by atoms with E-state index in [0.29, 0.717) is 18.4 Å². The van der Waals surface area contributed by atoms with Crippen LogP contribution in [0.4, 0.5) is 0 Å². The first kappa shape index (κ1) is 17.4. The summed E-state index contributed by atoms with van der Waals surface area (Å²) >= 11 is 1.54. The van der Waals surface area contributed by atoms with Crippen LogP contribution in [0.5, 0.6) is 0 Å². The lowest BCUT2D eigenvalue weighted by molar-refractivity contribution is -0.118. The van der Waals surface area contributed by atoms with E-state index < -0.39 is 0 Å². The minimum Gasteiger partial charge on any atom is -0.370 e. The van der Waals surface area contributed by atoms with E-state index >= 15 is 0 Å². The Bertz CT molecular complexity index is 944. The quantitative estimate of drug-likeness (QED) is 0.706. The van der Waals surface area contributed by atoms with Gasteiger partial charge in [-0.1, -0.05) is 37.3 Å². The normalized spacial score (nSPS) is 11.1. The molecule has 0 aliphatic carbocycles. The summed E-state index contributed by atoms with van der Waals surface area (Å²) in [4.78, 5) is 30.5. The number of carbonyl (C=O) groups excluding carboxylic acids is 1. The van der Waals surface area contributed by atoms with Crippen molar-refractivity contribution in [2.24, 2.45) is 5.73 Å². The summed E-state index contributed by atoms with van der Waals surface area (Å²) in [6.07, 6.45) is 2.47. The van der Waals surface area contributed by atoms with Crippen molar-refractivity contribution in [3.63, 3.8) is 0 Å². The fraction of sp³-hybridized carbons (Fsp3) is 0.316. The third-order valence-corrected chi connectivity index (χ3v) is 5.15. The van der Waals surface area contributed by atoms with Crippen LogP contribution in [0.15, 0.2) is 41.2 Å². The molecule has 2 aromatic heterocycles. The van der Waals surface area contributed by atoms with E-state index in [9.17, 15) is 9.59 Å². The summed E-state index contributed by atoms with van der Waals surface area (Å²) in [5.41, 5.74) is 6.26. The Balaban J connectivity index is 2.05. The molecule has 5 nitrogen and oxygen atoms in total. The number of thiophene rings is 1. The fourth-order valence-electron chi connectivity index (χ4n) is 2.86. The molecule has 0 saturated carbocycles. The van der Waals surface area contributed by atoms with Gasteiger partial charge in [-0.2, -0.15) is 0 Å². The summed E-state index contributed by atoms with van der Waals surface area (Å²) in [5, 5.41) is 0.641. The lowest BCUT2D eigenvalue weighted by Gasteiger charge is -2.11. The van der Waals surface area contributed by atoms with Gasteiger partial charge < -0.3 is 5.73 Å². The number of hydrogen-bond acceptors (Lipinski definition) is 4. The highest BCUT2D eigenvalue weighted by Gasteiger charge is 2.14. The van der Waals surface area contributed by atoms with E-state index in [1.54, 1.807) is 15.9 Å². The molecule has 3 rings (SSSR count). The molecule has 0 fully saturated rings. The van der Waals surface area contributed by atoms with Crippen LogP contribution in [0, 0.1) is 0 Å². The molecule has 0 unspecified atom stereocenters. The van der Waals surface area contributed by atoms with Crippen molar-refractivity contribution >= 4 is 27.5 Å². The van der Waals surface area contributed by atoms with Gasteiger partial charge in [-0.3, -0.25) is 14.2 Å². The third kappa shape index (κ3) is 3.79. The Morgan fingerprint density at radius 2 is 2.04 bits per heavy atom. The van der Waals surface area contributed by atoms with E-state index in [1.165, 1.54) is 0 Å². The first-order chi connectivity index (χ1) is 12.1. The molecule has 130 valence electrons. The second-order valence-electron chi connectivity index (χ2n) is 6.00. The topological polar surface area (TPSA) is 78.0 Å². The van der Waals surface area contributed by atoms with Crippen molar-refractivity contribution in [2.75, 3.05) is 0 Å². The molecule has 0 spiro atoms. The van der Waals surface area contributed by atoms with Crippen LogP contribution in [-0.2, 0) is 17.8 Å². The van der Waals surface area contributed by atoms with E-state index in [2.05, 4.69) is 6.92 Å². The number of carbonyl (C=O) groups is 1. The molecule has 6 heteroatoms. The molecular weight excluding hydrogens is 334 g/mol. The van der Waals surface area contributed by atoms with E-state index in [4.69, 9.17) is 10.7 Å². The fourth-order valence-corrected chi connectivity index (χ4v) is 3.91. The van der Waals surface area contributed by atoms with Gasteiger partial charge in [0.15, 0.2) is 0 Å². The molecule has 0 saturated heterocycles. The highest BCUT2D eigenvalue weighted by Crippen LogP contribution is 2.31. The smallest absolute Gasteiger partial charge is 0.262 e. The van der Waals surface area contributed by atoms with Gasteiger partial charge in [0.25, 0.3) is 5.56 Å². The van der Waals surface area contributed by atoms with E-state index in [0.717, 1.165) is 33.9 Å². The zero-order chi connectivity index (χ0) is 17.8. The second kappa shape index (κ2) is 7.61. The maximum absolute atomic E-state index is 13.0. The minimum absolute atomic E-state index is 0.0312. The number of nitrogens with zero attached hydrogens (tertiary/aromatic N) is 2. The molecule has 0 radical (unpaired) electrons. The van der Waals surface area contributed by atoms with Crippen LogP contribution in [-0.4, -0.2) is 15.5 Å². The van der Waals surface area contributed by atoms with Crippen LogP contribution in [0.1, 0.15) is 32.0 Å². The van der Waals surface area contributed by atoms with Crippen molar-refractivity contribution in [1.29, 1.82) is 0 Å². The van der Waals surface area contributed by atoms with Gasteiger partial charge in [-0.25, -0.2) is 4.98 Å². The van der Waals surface area contributed by atoms with Gasteiger partial charge in [0.1, 0.15) is 10.7 Å². The Hall–Kier alpha value is -2.47. The number of aromatic nitrogens is 2. The molecule has 1 aromatic carbocycles. The van der Waals surface area contributed by atoms with Crippen LogP contribution < -0.4 is 11.3 Å². The Morgan fingerprint density at radius 3 is 2.72 bits per heavy atom. The van der Waals surface area contributed by atoms with Crippen molar-refractivity contribution in [3.8, 4) is 10.4 Å². The number of nitrogens with two attached hydrogens (primary N) is 1. The average Bonchev–Trinajstić information content (AvgIpc) is 3.03. The van der Waals surface area contributed by atoms with Crippen LogP contribution in [0.3, 0.4) is 0 Å². The molecule has 3 aromatic rings. The van der Waals surface area contributed by atoms with E-state index in [1.807, 2.05) is 36.4 Å². The first-order valence-corrected chi connectivity index (χ1v) is 9.28. The highest BCUT2D eigenvalue weighted by atomic mass is 32.1. The maximum atomic E-state index is 13.0. The van der Waals surface area contributed by atoms with Crippen molar-refractivity contribution in [2.45, 2.75) is 39.2 Å². The Kier molecular flexibility index (Phi) is 5.28. The summed E-state index contributed by atoms with van der Waals surface area (Å²) in [6.45, 7) is 2.53. The third-order valence-electron chi connectivity index (χ3n) is 4.07. The number of primary amides is 1. The lowest BCUT2D eigenvalue weighted by atomic mass is 10.2. The Morgan fingerprint density at radius 1 is 1.28 bits per heavy atom. The molecule has 25 heavy (non-hydrogen) atoms. The van der Waals surface area contributed by atoms with Crippen molar-refractivity contribution in [3.05, 3.63) is 52.6 Å². The van der Waals surface area contributed by atoms with E-state index in [-0.39, 0.29) is 17.9 Å². The summed E-state index contributed by atoms with van der Waals surface area (Å²) in [5.74, 6) is 0.437. The SMILES string of the molecule is CCCc1nc2sc(-c3ccccc3)cc2c(=O)n1CCCC(N)=O. The van der Waals surface area contributed by atoms with Gasteiger partial charge in [-0.15, -0.1) is 11.3 Å². The standard InChI is InChI=1S/C19H21N3O2S/c1-2-7-17-21-18-14(19(24)22(17)11-6-10-16(20)23)12-15(25-18)13-8-4-3-5-9-13/h3-5,8-9,12H,2,6-7,10-11H2,1H3,(H2,20,23). The minimum atomic E-state index is -0.346. The zero-order valence-electron chi connectivity index (χ0n) is 14.2. The highest BCUT2D eigenvalue weighted by molar-refractivity contribution is 7.21. The number of hydrogen-bond donors (Lipinski definition) is 1. The lowest BCUT2D eigenvalue weighted by Crippen LogP contribution is -2.25. The first-order valence-electron chi connectivity index (χ1n) is 8.47. The number of aryl methyl sites for hydroxylation is 1. The summed E-state index contributed by atoms with van der Waals surface area (Å²) < 4.78 is 1.70. The van der Waals surface area contributed by atoms with Gasteiger partial charge in [0, 0.05) is 24.3 Å². The number of rotatable bonds is 7. The molecule has 2 heterocycles. The van der Waals surface area contributed by atoms with Gasteiger partial charge in [0.2, 0.25) is 5.91 Å². The maximum Gasteiger partial charge on any atom is 0.262 e. The van der Waals surface area contributed by atoms with Gasteiger partial charge in [-0.05, 0) is 24.5 Å². The average molecular weight is 355 g/mol. The predicted octanol–water partition coefficient (Wildman–Crippen LogP) is 3.34. The Labute approximate surface area is 150 Å². The second-order valence-corrected chi connectivity index (χ2v) is 7.03. The summed E-state index contributed by atoms with van der Waals surface area (Å²) in [7, 11) is 0. The monoisotopic (exact) mass is 355 g/mol. The van der Waals surface area contributed by atoms with Crippen molar-refractivity contribution in [1.82, 2.24) is 9.55 Å². The molecule has 0 aliphatic heterocycles. The number of fused-ring (bicyclic) bond motifs is 1. The zero-order valence-corrected chi connectivity index (χ0v) is 15.0. The largest absolute Gasteiger partial charge is 0.370 e. The number of amides is 1. The van der Waals surface area contributed by atoms with Crippen molar-refractivity contribution < 1.29 is 4.79 Å². The molecular formula is C19H21N3O2S. The predicted molar refractivity (Wildman–Crippen MR) is 102 cm³/mol. The molecule has 2 N–H and O–H groups in total. The van der Waals surface area contributed by atoms with Crippen LogP contribution >= 0.6 is 11.3 Å². The molecule has 0 atom stereocenters. The van der Waals surface area contributed by atoms with Crippen LogP contribution in [0.25, 0.3) is 20.7 Å². The molecule has 0 aliphatic rings.